The number of nitrogens with two attached hydrogens (primary N) is 1. The normalized spacial score (nSPS) is 16.5. The first-order valence-electron chi connectivity index (χ1n) is 6.14. The van der Waals surface area contributed by atoms with Gasteiger partial charge in [-0.25, -0.2) is 4.79 Å². The molecule has 1 aliphatic carbocycles. The van der Waals surface area contributed by atoms with Gasteiger partial charge < -0.3 is 15.8 Å². The summed E-state index contributed by atoms with van der Waals surface area (Å²) in [5.41, 5.74) is 5.97. The SMILES string of the molecule is NC/C=C/CNC(=O)OC1(c2ccccc2)CC1. The first-order chi connectivity index (χ1) is 8.77. The first-order valence-corrected chi connectivity index (χ1v) is 6.14. The third-order valence-corrected chi connectivity index (χ3v) is 2.96. The Balaban J connectivity index is 1.86. The Bertz CT molecular complexity index is 425. The average Bonchev–Trinajstić information content (AvgIpc) is 3.17. The van der Waals surface area contributed by atoms with Crippen molar-refractivity contribution in [3.8, 4) is 0 Å². The van der Waals surface area contributed by atoms with Gasteiger partial charge in [-0.3, -0.25) is 0 Å². The first kappa shape index (κ1) is 12.6. The second kappa shape index (κ2) is 5.69. The number of benzene rings is 1. The Labute approximate surface area is 107 Å². The lowest BCUT2D eigenvalue weighted by Crippen LogP contribution is -2.29. The largest absolute Gasteiger partial charge is 0.438 e. The molecule has 0 radical (unpaired) electrons. The molecule has 1 saturated carbocycles. The highest BCUT2D eigenvalue weighted by Gasteiger charge is 2.48. The standard InChI is InChI=1S/C14H18N2O2/c15-10-4-5-11-16-13(17)18-14(8-9-14)12-6-2-1-3-7-12/h1-7H,8-11,15H2,(H,16,17)/b5-4+. The molecule has 0 aliphatic heterocycles. The predicted octanol–water partition coefficient (Wildman–Crippen LogP) is 1.92. The molecular weight excluding hydrogens is 228 g/mol. The van der Waals surface area contributed by atoms with Gasteiger partial charge >= 0.3 is 6.09 Å². The maximum Gasteiger partial charge on any atom is 0.408 e. The van der Waals surface area contributed by atoms with Gasteiger partial charge in [0.15, 0.2) is 0 Å². The van der Waals surface area contributed by atoms with Gasteiger partial charge in [0, 0.05) is 13.1 Å². The molecule has 0 aromatic heterocycles. The van der Waals surface area contributed by atoms with Crippen LogP contribution in [0, 0.1) is 0 Å². The van der Waals surface area contributed by atoms with E-state index in [1.165, 1.54) is 0 Å². The van der Waals surface area contributed by atoms with E-state index >= 15 is 0 Å². The van der Waals surface area contributed by atoms with Crippen molar-refractivity contribution in [2.45, 2.75) is 18.4 Å². The van der Waals surface area contributed by atoms with Crippen molar-refractivity contribution >= 4 is 6.09 Å². The number of ether oxygens (including phenoxy) is 1. The quantitative estimate of drug-likeness (QED) is 0.780. The fourth-order valence-electron chi connectivity index (χ4n) is 1.84. The van der Waals surface area contributed by atoms with Crippen LogP contribution in [0.2, 0.25) is 0 Å². The predicted molar refractivity (Wildman–Crippen MR) is 70.0 cm³/mol. The number of carbonyl (C=O) groups is 1. The fourth-order valence-corrected chi connectivity index (χ4v) is 1.84. The lowest BCUT2D eigenvalue weighted by Gasteiger charge is -2.17. The molecule has 0 saturated heterocycles. The second-order valence-corrected chi connectivity index (χ2v) is 4.34. The van der Waals surface area contributed by atoms with Crippen LogP contribution in [0.15, 0.2) is 42.5 Å². The fraction of sp³-hybridized carbons (Fsp3) is 0.357. The second-order valence-electron chi connectivity index (χ2n) is 4.34. The van der Waals surface area contributed by atoms with Crippen LogP contribution in [0.25, 0.3) is 0 Å². The molecule has 4 heteroatoms. The Morgan fingerprint density at radius 3 is 2.67 bits per heavy atom. The number of alkyl carbamates (subject to hydrolysis) is 1. The molecule has 3 N–H and O–H groups in total. The Kier molecular flexibility index (Phi) is 3.99. The van der Waals surface area contributed by atoms with Crippen molar-refractivity contribution < 1.29 is 9.53 Å². The van der Waals surface area contributed by atoms with Crippen LogP contribution >= 0.6 is 0 Å². The minimum absolute atomic E-state index is 0.377. The van der Waals surface area contributed by atoms with Gasteiger partial charge in [-0.15, -0.1) is 0 Å². The highest BCUT2D eigenvalue weighted by molar-refractivity contribution is 5.68. The molecular formula is C14H18N2O2. The Hall–Kier alpha value is -1.81. The van der Waals surface area contributed by atoms with Crippen LogP contribution in [0.5, 0.6) is 0 Å². The van der Waals surface area contributed by atoms with Crippen molar-refractivity contribution in [2.24, 2.45) is 5.73 Å². The summed E-state index contributed by atoms with van der Waals surface area (Å²) in [6, 6.07) is 9.86. The van der Waals surface area contributed by atoms with Gasteiger partial charge in [0.05, 0.1) is 0 Å². The van der Waals surface area contributed by atoms with Gasteiger partial charge in [0.1, 0.15) is 5.60 Å². The summed E-state index contributed by atoms with van der Waals surface area (Å²) in [6.45, 7) is 0.922. The highest BCUT2D eigenvalue weighted by Crippen LogP contribution is 2.49. The topological polar surface area (TPSA) is 64.3 Å². The van der Waals surface area contributed by atoms with E-state index in [0.29, 0.717) is 13.1 Å². The molecule has 96 valence electrons. The molecule has 1 aromatic rings. The summed E-state index contributed by atoms with van der Waals surface area (Å²) in [5, 5.41) is 2.68. The molecule has 1 aliphatic rings. The van der Waals surface area contributed by atoms with Crippen LogP contribution in [0.4, 0.5) is 4.79 Å². The van der Waals surface area contributed by atoms with Gasteiger partial charge in [-0.05, 0) is 18.4 Å². The van der Waals surface area contributed by atoms with Crippen LogP contribution in [-0.4, -0.2) is 19.2 Å². The number of carbonyl (C=O) groups excluding carboxylic acids is 1. The summed E-state index contributed by atoms with van der Waals surface area (Å²) in [7, 11) is 0. The zero-order valence-corrected chi connectivity index (χ0v) is 10.3. The molecule has 1 amide bonds. The molecule has 4 nitrogen and oxygen atoms in total. The van der Waals surface area contributed by atoms with Crippen molar-refractivity contribution in [1.29, 1.82) is 0 Å². The minimum Gasteiger partial charge on any atom is -0.438 e. The smallest absolute Gasteiger partial charge is 0.408 e. The zero-order valence-electron chi connectivity index (χ0n) is 10.3. The monoisotopic (exact) mass is 246 g/mol. The van der Waals surface area contributed by atoms with Gasteiger partial charge in [-0.1, -0.05) is 42.5 Å². The maximum atomic E-state index is 11.6. The van der Waals surface area contributed by atoms with E-state index in [-0.39, 0.29) is 6.09 Å². The molecule has 18 heavy (non-hydrogen) atoms. The summed E-state index contributed by atoms with van der Waals surface area (Å²) in [4.78, 5) is 11.6. The van der Waals surface area contributed by atoms with Crippen LogP contribution < -0.4 is 11.1 Å². The summed E-state index contributed by atoms with van der Waals surface area (Å²) in [6.07, 6.45) is 5.01. The number of rotatable bonds is 5. The van der Waals surface area contributed by atoms with E-state index in [0.717, 1.165) is 18.4 Å². The van der Waals surface area contributed by atoms with Crippen molar-refractivity contribution in [3.05, 3.63) is 48.0 Å². The van der Waals surface area contributed by atoms with Crippen molar-refractivity contribution in [1.82, 2.24) is 5.32 Å². The lowest BCUT2D eigenvalue weighted by molar-refractivity contribution is 0.0822. The van der Waals surface area contributed by atoms with E-state index in [4.69, 9.17) is 10.5 Å². The summed E-state index contributed by atoms with van der Waals surface area (Å²) in [5.74, 6) is 0. The molecule has 0 heterocycles. The van der Waals surface area contributed by atoms with Crippen molar-refractivity contribution in [2.75, 3.05) is 13.1 Å². The highest BCUT2D eigenvalue weighted by atomic mass is 16.6. The number of amides is 1. The molecule has 0 atom stereocenters. The maximum absolute atomic E-state index is 11.6. The van der Waals surface area contributed by atoms with E-state index in [9.17, 15) is 4.79 Å². The molecule has 2 rings (SSSR count). The van der Waals surface area contributed by atoms with Crippen molar-refractivity contribution in [3.63, 3.8) is 0 Å². The minimum atomic E-state index is -0.400. The molecule has 0 bridgehead atoms. The summed E-state index contributed by atoms with van der Waals surface area (Å²) >= 11 is 0. The molecule has 0 unspecified atom stereocenters. The van der Waals surface area contributed by atoms with E-state index in [2.05, 4.69) is 5.32 Å². The molecule has 0 spiro atoms. The third-order valence-electron chi connectivity index (χ3n) is 2.96. The van der Waals surface area contributed by atoms with Crippen LogP contribution in [-0.2, 0) is 10.3 Å². The zero-order chi connectivity index (χ0) is 12.8. The number of hydrogen-bond donors (Lipinski definition) is 2. The van der Waals surface area contributed by atoms with Gasteiger partial charge in [0.25, 0.3) is 0 Å². The van der Waals surface area contributed by atoms with E-state index in [1.54, 1.807) is 6.08 Å². The van der Waals surface area contributed by atoms with Crippen LogP contribution in [0.3, 0.4) is 0 Å². The Morgan fingerprint density at radius 2 is 2.06 bits per heavy atom. The average molecular weight is 246 g/mol. The Morgan fingerprint density at radius 1 is 1.33 bits per heavy atom. The van der Waals surface area contributed by atoms with Crippen LogP contribution in [0.1, 0.15) is 18.4 Å². The van der Waals surface area contributed by atoms with E-state index < -0.39 is 5.60 Å². The number of hydrogen-bond acceptors (Lipinski definition) is 3. The van der Waals surface area contributed by atoms with E-state index in [1.807, 2.05) is 36.4 Å². The number of nitrogens with one attached hydrogen (secondary N) is 1. The molecule has 1 aromatic carbocycles. The lowest BCUT2D eigenvalue weighted by atomic mass is 10.1. The van der Waals surface area contributed by atoms with Gasteiger partial charge in [0.2, 0.25) is 0 Å². The molecule has 1 fully saturated rings. The van der Waals surface area contributed by atoms with Gasteiger partial charge in [-0.2, -0.15) is 0 Å². The summed E-state index contributed by atoms with van der Waals surface area (Å²) < 4.78 is 5.50. The third kappa shape index (κ3) is 3.11.